The molecule has 0 radical (unpaired) electrons. The van der Waals surface area contributed by atoms with Crippen LogP contribution in [0.15, 0.2) is 48.6 Å². The van der Waals surface area contributed by atoms with E-state index in [1.54, 1.807) is 0 Å². The van der Waals surface area contributed by atoms with Crippen LogP contribution in [0.4, 0.5) is 0 Å². The van der Waals surface area contributed by atoms with Crippen molar-refractivity contribution >= 4 is 17.9 Å². The molecule has 6 nitrogen and oxygen atoms in total. The third-order valence-electron chi connectivity index (χ3n) is 15.8. The zero-order valence-corrected chi connectivity index (χ0v) is 53.2. The summed E-state index contributed by atoms with van der Waals surface area (Å²) in [6.45, 7) is 6.64. The van der Waals surface area contributed by atoms with Gasteiger partial charge in [0, 0.05) is 19.3 Å². The van der Waals surface area contributed by atoms with Crippen molar-refractivity contribution in [2.75, 3.05) is 13.2 Å². The van der Waals surface area contributed by atoms with Crippen LogP contribution < -0.4 is 0 Å². The molecule has 0 aromatic rings. The Morgan fingerprint density at radius 3 is 0.747 bits per heavy atom. The highest BCUT2D eigenvalue weighted by atomic mass is 16.6. The highest BCUT2D eigenvalue weighted by Gasteiger charge is 2.19. The molecule has 0 aliphatic rings. The molecule has 0 N–H and O–H groups in total. The molecule has 1 unspecified atom stereocenters. The van der Waals surface area contributed by atoms with Crippen LogP contribution in [0.1, 0.15) is 380 Å². The average Bonchev–Trinajstić information content (AvgIpc) is 3.45. The standard InChI is InChI=1S/C73H134O6/c1-4-7-10-13-16-19-22-24-26-28-30-32-34-36-38-40-42-44-46-48-51-54-57-60-63-66-72(75)78-69-70(68-77-71(74)65-62-59-56-53-50-21-18-15-12-9-6-3)79-73(76)67-64-61-58-55-52-49-47-45-43-41-39-37-35-33-31-29-27-25-23-20-17-14-11-8-5-2/h15,18,22,24,28-31,70H,4-14,16-17,19-21,23,25-27,32-69H2,1-3H3/b18-15-,24-22-,30-28-,31-29-. The lowest BCUT2D eigenvalue weighted by molar-refractivity contribution is -0.167. The van der Waals surface area contributed by atoms with E-state index in [9.17, 15) is 14.4 Å². The molecular weight excluding hydrogens is 973 g/mol. The van der Waals surface area contributed by atoms with E-state index in [2.05, 4.69) is 69.4 Å². The molecule has 0 heterocycles. The van der Waals surface area contributed by atoms with Crippen molar-refractivity contribution in [3.05, 3.63) is 48.6 Å². The minimum absolute atomic E-state index is 0.0728. The van der Waals surface area contributed by atoms with Gasteiger partial charge in [-0.25, -0.2) is 0 Å². The van der Waals surface area contributed by atoms with E-state index in [1.807, 2.05) is 0 Å². The number of carbonyl (C=O) groups is 3. The van der Waals surface area contributed by atoms with Crippen molar-refractivity contribution in [2.24, 2.45) is 0 Å². The molecule has 0 saturated carbocycles. The SMILES string of the molecule is CCCC/C=C\CCCCCCCC(=O)OCC(COC(=O)CCCCCCCCCCCCCCC/C=C\C/C=C\CCCCCCC)OC(=O)CCCCCCCCCCCCCCC/C=C\CCCCCCCCCC. The molecule has 0 aliphatic heterocycles. The van der Waals surface area contributed by atoms with Gasteiger partial charge in [0.05, 0.1) is 0 Å². The Bertz CT molecular complexity index is 1360. The van der Waals surface area contributed by atoms with Crippen molar-refractivity contribution < 1.29 is 28.6 Å². The van der Waals surface area contributed by atoms with Gasteiger partial charge in [-0.2, -0.15) is 0 Å². The van der Waals surface area contributed by atoms with Gasteiger partial charge < -0.3 is 14.2 Å². The summed E-state index contributed by atoms with van der Waals surface area (Å²) in [5.41, 5.74) is 0. The van der Waals surface area contributed by atoms with Crippen molar-refractivity contribution in [3.8, 4) is 0 Å². The van der Waals surface area contributed by atoms with Gasteiger partial charge in [0.25, 0.3) is 0 Å². The molecule has 0 aliphatic carbocycles. The number of esters is 3. The number of hydrogen-bond donors (Lipinski definition) is 0. The van der Waals surface area contributed by atoms with Gasteiger partial charge in [-0.15, -0.1) is 0 Å². The van der Waals surface area contributed by atoms with Crippen LogP contribution in [0.5, 0.6) is 0 Å². The van der Waals surface area contributed by atoms with Gasteiger partial charge in [-0.1, -0.05) is 313 Å². The Morgan fingerprint density at radius 2 is 0.468 bits per heavy atom. The third kappa shape index (κ3) is 66.1. The van der Waals surface area contributed by atoms with E-state index < -0.39 is 6.10 Å². The Balaban J connectivity index is 4.19. The van der Waals surface area contributed by atoms with Crippen molar-refractivity contribution in [1.29, 1.82) is 0 Å². The van der Waals surface area contributed by atoms with E-state index >= 15 is 0 Å². The molecule has 462 valence electrons. The van der Waals surface area contributed by atoms with E-state index in [0.29, 0.717) is 19.3 Å². The third-order valence-corrected chi connectivity index (χ3v) is 15.8. The fourth-order valence-corrected chi connectivity index (χ4v) is 10.5. The lowest BCUT2D eigenvalue weighted by atomic mass is 10.0. The second-order valence-electron chi connectivity index (χ2n) is 23.8. The first-order valence-corrected chi connectivity index (χ1v) is 35.1. The van der Waals surface area contributed by atoms with E-state index in [0.717, 1.165) is 70.6 Å². The second-order valence-corrected chi connectivity index (χ2v) is 23.8. The minimum Gasteiger partial charge on any atom is -0.462 e. The van der Waals surface area contributed by atoms with Crippen LogP contribution in [0, 0.1) is 0 Å². The van der Waals surface area contributed by atoms with Crippen LogP contribution in [0.2, 0.25) is 0 Å². The van der Waals surface area contributed by atoms with Crippen LogP contribution in [-0.4, -0.2) is 37.2 Å². The quantitative estimate of drug-likeness (QED) is 0.0261. The molecule has 0 fully saturated rings. The molecule has 0 aromatic heterocycles. The minimum atomic E-state index is -0.776. The first-order valence-electron chi connectivity index (χ1n) is 35.1. The lowest BCUT2D eigenvalue weighted by Gasteiger charge is -2.18. The zero-order chi connectivity index (χ0) is 57.1. The molecule has 1 atom stereocenters. The van der Waals surface area contributed by atoms with E-state index in [-0.39, 0.29) is 31.1 Å². The van der Waals surface area contributed by atoms with Gasteiger partial charge in [0.15, 0.2) is 6.10 Å². The van der Waals surface area contributed by atoms with Crippen LogP contribution >= 0.6 is 0 Å². The fraction of sp³-hybridized carbons (Fsp3) is 0.849. The number of unbranched alkanes of at least 4 members (excludes halogenated alkanes) is 46. The Hall–Kier alpha value is -2.63. The summed E-state index contributed by atoms with van der Waals surface area (Å²) in [6, 6.07) is 0. The molecule has 0 amide bonds. The zero-order valence-electron chi connectivity index (χ0n) is 53.2. The monoisotopic (exact) mass is 1110 g/mol. The molecule has 0 bridgehead atoms. The summed E-state index contributed by atoms with van der Waals surface area (Å²) in [6.07, 6.45) is 85.7. The largest absolute Gasteiger partial charge is 0.462 e. The predicted molar refractivity (Wildman–Crippen MR) is 344 cm³/mol. The molecule has 0 rings (SSSR count). The van der Waals surface area contributed by atoms with Gasteiger partial charge in [-0.05, 0) is 96.3 Å². The second kappa shape index (κ2) is 67.9. The fourth-order valence-electron chi connectivity index (χ4n) is 10.5. The first kappa shape index (κ1) is 76.4. The molecular formula is C73H134O6. The number of hydrogen-bond acceptors (Lipinski definition) is 6. The number of carbonyl (C=O) groups excluding carboxylic acids is 3. The predicted octanol–water partition coefficient (Wildman–Crippen LogP) is 24.1. The highest BCUT2D eigenvalue weighted by molar-refractivity contribution is 5.71. The molecule has 0 saturated heterocycles. The van der Waals surface area contributed by atoms with Gasteiger partial charge in [0.2, 0.25) is 0 Å². The molecule has 0 aromatic carbocycles. The van der Waals surface area contributed by atoms with Crippen molar-refractivity contribution in [1.82, 2.24) is 0 Å². The number of allylic oxidation sites excluding steroid dienone is 8. The lowest BCUT2D eigenvalue weighted by Crippen LogP contribution is -2.30. The first-order chi connectivity index (χ1) is 39.0. The molecule has 6 heteroatoms. The Morgan fingerprint density at radius 1 is 0.253 bits per heavy atom. The van der Waals surface area contributed by atoms with Crippen LogP contribution in [0.25, 0.3) is 0 Å². The Labute approximate surface area is 492 Å². The Kier molecular flexibility index (Phi) is 65.6. The smallest absolute Gasteiger partial charge is 0.306 e. The summed E-state index contributed by atoms with van der Waals surface area (Å²) in [4.78, 5) is 38.4. The number of rotatable bonds is 65. The summed E-state index contributed by atoms with van der Waals surface area (Å²) >= 11 is 0. The maximum atomic E-state index is 12.9. The van der Waals surface area contributed by atoms with E-state index in [1.165, 1.54) is 270 Å². The van der Waals surface area contributed by atoms with Crippen LogP contribution in [0.3, 0.4) is 0 Å². The van der Waals surface area contributed by atoms with Gasteiger partial charge >= 0.3 is 17.9 Å². The van der Waals surface area contributed by atoms with Gasteiger partial charge in [-0.3, -0.25) is 14.4 Å². The summed E-state index contributed by atoms with van der Waals surface area (Å²) < 4.78 is 17.0. The molecule has 0 spiro atoms. The van der Waals surface area contributed by atoms with Gasteiger partial charge in [0.1, 0.15) is 13.2 Å². The molecule has 79 heavy (non-hydrogen) atoms. The summed E-state index contributed by atoms with van der Waals surface area (Å²) in [7, 11) is 0. The van der Waals surface area contributed by atoms with E-state index in [4.69, 9.17) is 14.2 Å². The average molecular weight is 1110 g/mol. The topological polar surface area (TPSA) is 78.9 Å². The highest BCUT2D eigenvalue weighted by Crippen LogP contribution is 2.18. The summed E-state index contributed by atoms with van der Waals surface area (Å²) in [5, 5.41) is 0. The summed E-state index contributed by atoms with van der Waals surface area (Å²) in [5.74, 6) is -0.861. The maximum absolute atomic E-state index is 12.9. The van der Waals surface area contributed by atoms with Crippen molar-refractivity contribution in [3.63, 3.8) is 0 Å². The van der Waals surface area contributed by atoms with Crippen LogP contribution in [-0.2, 0) is 28.6 Å². The maximum Gasteiger partial charge on any atom is 0.306 e. The normalized spacial score (nSPS) is 12.3. The van der Waals surface area contributed by atoms with Crippen molar-refractivity contribution in [2.45, 2.75) is 386 Å². The number of ether oxygens (including phenoxy) is 3.